The van der Waals surface area contributed by atoms with E-state index in [1.54, 1.807) is 0 Å². The Morgan fingerprint density at radius 2 is 1.65 bits per heavy atom. The zero-order valence-electron chi connectivity index (χ0n) is 12.0. The molecule has 17 heavy (non-hydrogen) atoms. The highest BCUT2D eigenvalue weighted by Crippen LogP contribution is 2.35. The highest BCUT2D eigenvalue weighted by Gasteiger charge is 2.37. The summed E-state index contributed by atoms with van der Waals surface area (Å²) in [6.07, 6.45) is 3.90. The number of nitrogens with two attached hydrogens (primary N) is 1. The second-order valence-electron chi connectivity index (χ2n) is 6.96. The molecule has 0 aromatic heterocycles. The minimum absolute atomic E-state index is 0.419. The Morgan fingerprint density at radius 3 is 2.18 bits per heavy atom. The average Bonchev–Trinajstić information content (AvgIpc) is 2.59. The van der Waals surface area contributed by atoms with Crippen molar-refractivity contribution in [3.05, 3.63) is 0 Å². The molecule has 1 heterocycles. The minimum atomic E-state index is 0.419. The molecular formula is C15H30N2. The van der Waals surface area contributed by atoms with Crippen molar-refractivity contribution in [1.82, 2.24) is 4.90 Å². The fourth-order valence-corrected chi connectivity index (χ4v) is 3.67. The summed E-state index contributed by atoms with van der Waals surface area (Å²) in [7, 11) is 0. The van der Waals surface area contributed by atoms with Gasteiger partial charge in [0, 0.05) is 25.2 Å². The van der Waals surface area contributed by atoms with Crippen molar-refractivity contribution in [2.45, 2.75) is 59.0 Å². The van der Waals surface area contributed by atoms with Crippen LogP contribution in [0.25, 0.3) is 0 Å². The second-order valence-corrected chi connectivity index (χ2v) is 6.96. The second kappa shape index (κ2) is 5.27. The zero-order valence-corrected chi connectivity index (χ0v) is 12.0. The molecule has 1 saturated heterocycles. The maximum absolute atomic E-state index is 6.37. The van der Waals surface area contributed by atoms with Gasteiger partial charge in [0.25, 0.3) is 0 Å². The molecule has 0 aromatic rings. The van der Waals surface area contributed by atoms with Crippen LogP contribution in [0.2, 0.25) is 0 Å². The predicted octanol–water partition coefficient (Wildman–Crippen LogP) is 2.73. The summed E-state index contributed by atoms with van der Waals surface area (Å²) in [5, 5.41) is 0. The summed E-state index contributed by atoms with van der Waals surface area (Å²) in [5.74, 6) is 3.41. The van der Waals surface area contributed by atoms with E-state index in [0.717, 1.165) is 23.7 Å². The van der Waals surface area contributed by atoms with Crippen molar-refractivity contribution in [3.8, 4) is 0 Å². The van der Waals surface area contributed by atoms with Gasteiger partial charge in [-0.3, -0.25) is 4.90 Å². The normalized spacial score (nSPS) is 44.5. The Labute approximate surface area is 107 Å². The fraction of sp³-hybridized carbons (Fsp3) is 1.00. The molecule has 1 aliphatic carbocycles. The number of nitrogens with zero attached hydrogens (tertiary/aromatic N) is 1. The first-order valence-corrected chi connectivity index (χ1v) is 7.48. The van der Waals surface area contributed by atoms with Crippen molar-refractivity contribution in [2.75, 3.05) is 13.1 Å². The Balaban J connectivity index is 1.98. The third kappa shape index (κ3) is 2.85. The summed E-state index contributed by atoms with van der Waals surface area (Å²) < 4.78 is 0. The lowest BCUT2D eigenvalue weighted by molar-refractivity contribution is 0.112. The van der Waals surface area contributed by atoms with E-state index >= 15 is 0 Å². The van der Waals surface area contributed by atoms with E-state index < -0.39 is 0 Å². The van der Waals surface area contributed by atoms with E-state index in [9.17, 15) is 0 Å². The topological polar surface area (TPSA) is 29.3 Å². The predicted molar refractivity (Wildman–Crippen MR) is 73.8 cm³/mol. The molecule has 0 radical (unpaired) electrons. The first-order chi connectivity index (χ1) is 7.99. The molecule has 5 atom stereocenters. The van der Waals surface area contributed by atoms with Gasteiger partial charge in [-0.1, -0.05) is 27.7 Å². The monoisotopic (exact) mass is 238 g/mol. The van der Waals surface area contributed by atoms with E-state index in [4.69, 9.17) is 5.73 Å². The van der Waals surface area contributed by atoms with Crippen LogP contribution in [0.5, 0.6) is 0 Å². The molecule has 2 rings (SSSR count). The van der Waals surface area contributed by atoms with Crippen molar-refractivity contribution in [1.29, 1.82) is 0 Å². The zero-order chi connectivity index (χ0) is 12.6. The highest BCUT2D eigenvalue weighted by atomic mass is 15.2. The van der Waals surface area contributed by atoms with Gasteiger partial charge in [-0.25, -0.2) is 0 Å². The van der Waals surface area contributed by atoms with Crippen LogP contribution >= 0.6 is 0 Å². The van der Waals surface area contributed by atoms with Crippen LogP contribution in [-0.4, -0.2) is 30.1 Å². The number of hydrogen-bond donors (Lipinski definition) is 1. The van der Waals surface area contributed by atoms with E-state index in [0.29, 0.717) is 12.1 Å². The van der Waals surface area contributed by atoms with E-state index in [1.165, 1.54) is 32.4 Å². The van der Waals surface area contributed by atoms with Gasteiger partial charge in [0.1, 0.15) is 0 Å². The van der Waals surface area contributed by atoms with Gasteiger partial charge in [0.15, 0.2) is 0 Å². The Morgan fingerprint density at radius 1 is 1.06 bits per heavy atom. The molecule has 1 aliphatic heterocycles. The largest absolute Gasteiger partial charge is 0.326 e. The van der Waals surface area contributed by atoms with Gasteiger partial charge in [0.05, 0.1) is 0 Å². The molecule has 2 heteroatoms. The smallest absolute Gasteiger partial charge is 0.0250 e. The van der Waals surface area contributed by atoms with Crippen molar-refractivity contribution in [3.63, 3.8) is 0 Å². The molecular weight excluding hydrogens is 208 g/mol. The molecule has 2 N–H and O–H groups in total. The maximum Gasteiger partial charge on any atom is 0.0250 e. The Bertz CT molecular complexity index is 241. The lowest BCUT2D eigenvalue weighted by atomic mass is 9.76. The van der Waals surface area contributed by atoms with E-state index in [-0.39, 0.29) is 0 Å². The lowest BCUT2D eigenvalue weighted by Gasteiger charge is -2.41. The number of rotatable bonds is 2. The summed E-state index contributed by atoms with van der Waals surface area (Å²) in [4.78, 5) is 2.69. The average molecular weight is 238 g/mol. The van der Waals surface area contributed by atoms with Crippen LogP contribution < -0.4 is 5.73 Å². The van der Waals surface area contributed by atoms with Gasteiger partial charge >= 0.3 is 0 Å². The molecule has 0 bridgehead atoms. The molecule has 0 spiro atoms. The fourth-order valence-electron chi connectivity index (χ4n) is 3.67. The van der Waals surface area contributed by atoms with Crippen LogP contribution in [0.1, 0.15) is 47.0 Å². The molecule has 5 unspecified atom stereocenters. The van der Waals surface area contributed by atoms with Gasteiger partial charge in [-0.2, -0.15) is 0 Å². The van der Waals surface area contributed by atoms with Crippen LogP contribution in [0.4, 0.5) is 0 Å². The summed E-state index contributed by atoms with van der Waals surface area (Å²) in [6, 6.07) is 1.08. The molecule has 2 nitrogen and oxygen atoms in total. The number of hydrogen-bond acceptors (Lipinski definition) is 2. The number of likely N-dealkylation sites (tertiary alicyclic amines) is 1. The minimum Gasteiger partial charge on any atom is -0.326 e. The van der Waals surface area contributed by atoms with Crippen molar-refractivity contribution < 1.29 is 0 Å². The third-order valence-corrected chi connectivity index (χ3v) is 5.34. The highest BCUT2D eigenvalue weighted by molar-refractivity contribution is 4.93. The van der Waals surface area contributed by atoms with Gasteiger partial charge in [-0.15, -0.1) is 0 Å². The standard InChI is InChI=1S/C15H30N2/c1-10(2)13-5-6-14(16)15(7-13)17-8-11(3)12(4)9-17/h10-15H,5-9,16H2,1-4H3. The molecule has 2 fully saturated rings. The van der Waals surface area contributed by atoms with Gasteiger partial charge < -0.3 is 5.73 Å². The molecule has 100 valence electrons. The molecule has 2 aliphatic rings. The van der Waals surface area contributed by atoms with Crippen LogP contribution in [0, 0.1) is 23.7 Å². The summed E-state index contributed by atoms with van der Waals surface area (Å²) in [5.41, 5.74) is 6.37. The van der Waals surface area contributed by atoms with Crippen LogP contribution in [0.15, 0.2) is 0 Å². The van der Waals surface area contributed by atoms with Crippen LogP contribution in [-0.2, 0) is 0 Å². The van der Waals surface area contributed by atoms with Gasteiger partial charge in [0.2, 0.25) is 0 Å². The van der Waals surface area contributed by atoms with E-state index in [1.807, 2.05) is 0 Å². The van der Waals surface area contributed by atoms with Crippen LogP contribution in [0.3, 0.4) is 0 Å². The molecule has 0 aromatic carbocycles. The molecule has 1 saturated carbocycles. The summed E-state index contributed by atoms with van der Waals surface area (Å²) >= 11 is 0. The summed E-state index contributed by atoms with van der Waals surface area (Å²) in [6.45, 7) is 12.0. The maximum atomic E-state index is 6.37. The van der Waals surface area contributed by atoms with Gasteiger partial charge in [-0.05, 0) is 42.9 Å². The third-order valence-electron chi connectivity index (χ3n) is 5.34. The lowest BCUT2D eigenvalue weighted by Crippen LogP contribution is -2.51. The van der Waals surface area contributed by atoms with Crippen molar-refractivity contribution >= 4 is 0 Å². The molecule has 0 amide bonds. The first kappa shape index (κ1) is 13.4. The SMILES string of the molecule is CC(C)C1CCC(N)C(N2CC(C)C(C)C2)C1. The Hall–Kier alpha value is -0.0800. The van der Waals surface area contributed by atoms with Crippen molar-refractivity contribution in [2.24, 2.45) is 29.4 Å². The Kier molecular flexibility index (Phi) is 4.14. The quantitative estimate of drug-likeness (QED) is 0.801. The first-order valence-electron chi connectivity index (χ1n) is 7.48. The van der Waals surface area contributed by atoms with E-state index in [2.05, 4.69) is 32.6 Å².